The van der Waals surface area contributed by atoms with Crippen molar-refractivity contribution < 1.29 is 18.7 Å². The normalized spacial score (nSPS) is 21.0. The number of nitrogens with zero attached hydrogens (tertiary/aromatic N) is 2. The van der Waals surface area contributed by atoms with Gasteiger partial charge in [0.2, 0.25) is 0 Å². The molecule has 3 heterocycles. The predicted octanol–water partition coefficient (Wildman–Crippen LogP) is 3.34. The van der Waals surface area contributed by atoms with Gasteiger partial charge in [0.1, 0.15) is 5.76 Å². The second kappa shape index (κ2) is 7.90. The number of hydrogen-bond acceptors (Lipinski definition) is 6. The zero-order valence-corrected chi connectivity index (χ0v) is 14.6. The van der Waals surface area contributed by atoms with Gasteiger partial charge in [-0.1, -0.05) is 12.8 Å². The summed E-state index contributed by atoms with van der Waals surface area (Å²) in [6.07, 6.45) is 6.53. The molecule has 0 atom stereocenters. The molecule has 2 saturated heterocycles. The quantitative estimate of drug-likeness (QED) is 0.759. The van der Waals surface area contributed by atoms with Gasteiger partial charge in [0.05, 0.1) is 18.1 Å². The van der Waals surface area contributed by atoms with Crippen LogP contribution in [0.3, 0.4) is 0 Å². The maximum absolute atomic E-state index is 12.3. The summed E-state index contributed by atoms with van der Waals surface area (Å²) in [4.78, 5) is 28.1. The van der Waals surface area contributed by atoms with Gasteiger partial charge in [-0.15, -0.1) is 0 Å². The Morgan fingerprint density at radius 3 is 2.67 bits per heavy atom. The smallest absolute Gasteiger partial charge is 0.293 e. The maximum Gasteiger partial charge on any atom is 0.293 e. The zero-order valence-electron chi connectivity index (χ0n) is 13.8. The number of imide groups is 1. The molecule has 130 valence electrons. The van der Waals surface area contributed by atoms with Gasteiger partial charge in [-0.05, 0) is 30.7 Å². The second-order valence-corrected chi connectivity index (χ2v) is 6.90. The molecule has 3 rings (SSSR count). The molecule has 1 aromatic rings. The minimum absolute atomic E-state index is 0.261. The van der Waals surface area contributed by atoms with Gasteiger partial charge >= 0.3 is 0 Å². The number of anilines is 1. The lowest BCUT2D eigenvalue weighted by atomic mass is 10.2. The van der Waals surface area contributed by atoms with E-state index in [2.05, 4.69) is 4.90 Å². The van der Waals surface area contributed by atoms with Crippen molar-refractivity contribution in [2.75, 3.05) is 38.3 Å². The second-order valence-electron chi connectivity index (χ2n) is 5.90. The van der Waals surface area contributed by atoms with E-state index in [-0.39, 0.29) is 17.7 Å². The lowest BCUT2D eigenvalue weighted by molar-refractivity contribution is -0.123. The molecule has 0 saturated carbocycles. The van der Waals surface area contributed by atoms with E-state index in [4.69, 9.17) is 9.15 Å². The fourth-order valence-corrected chi connectivity index (χ4v) is 3.73. The van der Waals surface area contributed by atoms with Crippen molar-refractivity contribution in [2.45, 2.75) is 25.7 Å². The Labute approximate surface area is 145 Å². The molecule has 2 aliphatic rings. The first kappa shape index (κ1) is 17.1. The fourth-order valence-electron chi connectivity index (χ4n) is 2.89. The number of thioether (sulfide) groups is 1. The third-order valence-corrected chi connectivity index (χ3v) is 5.10. The summed E-state index contributed by atoms with van der Waals surface area (Å²) in [5.74, 6) is 1.16. The first-order valence-corrected chi connectivity index (χ1v) is 9.10. The van der Waals surface area contributed by atoms with E-state index in [0.717, 1.165) is 30.7 Å². The van der Waals surface area contributed by atoms with Gasteiger partial charge < -0.3 is 14.1 Å². The van der Waals surface area contributed by atoms with Crippen molar-refractivity contribution in [1.29, 1.82) is 0 Å². The van der Waals surface area contributed by atoms with Crippen molar-refractivity contribution in [3.8, 4) is 0 Å². The Bertz CT molecular complexity index is 632. The molecule has 2 fully saturated rings. The van der Waals surface area contributed by atoms with Crippen LogP contribution in [0.5, 0.6) is 0 Å². The minimum atomic E-state index is -0.283. The van der Waals surface area contributed by atoms with Crippen molar-refractivity contribution in [3.63, 3.8) is 0 Å². The van der Waals surface area contributed by atoms with Crippen LogP contribution < -0.4 is 4.90 Å². The van der Waals surface area contributed by atoms with Crippen molar-refractivity contribution in [3.05, 3.63) is 22.8 Å². The number of rotatable bonds is 5. The van der Waals surface area contributed by atoms with E-state index in [0.29, 0.717) is 17.3 Å². The topological polar surface area (TPSA) is 63.0 Å². The van der Waals surface area contributed by atoms with Crippen LogP contribution in [0.2, 0.25) is 0 Å². The van der Waals surface area contributed by atoms with Gasteiger partial charge in [-0.2, -0.15) is 0 Å². The standard InChI is InChI=1S/C17H22N2O4S/c1-22-11-10-19-16(20)14(24-17(19)21)12-13-6-7-15(23-13)18-8-4-2-3-5-9-18/h6-7,12H,2-5,8-11H2,1H3/b14-12+. The van der Waals surface area contributed by atoms with E-state index >= 15 is 0 Å². The molecule has 6 nitrogen and oxygen atoms in total. The monoisotopic (exact) mass is 350 g/mol. The van der Waals surface area contributed by atoms with Gasteiger partial charge in [-0.3, -0.25) is 14.5 Å². The minimum Gasteiger partial charge on any atom is -0.441 e. The molecule has 0 radical (unpaired) electrons. The summed E-state index contributed by atoms with van der Waals surface area (Å²) in [5.41, 5.74) is 0. The molecular formula is C17H22N2O4S. The van der Waals surface area contributed by atoms with Gasteiger partial charge in [-0.25, -0.2) is 0 Å². The summed E-state index contributed by atoms with van der Waals surface area (Å²) in [6, 6.07) is 3.79. The third-order valence-electron chi connectivity index (χ3n) is 4.20. The molecule has 24 heavy (non-hydrogen) atoms. The molecule has 0 spiro atoms. The molecule has 0 aliphatic carbocycles. The predicted molar refractivity (Wildman–Crippen MR) is 93.9 cm³/mol. The number of methoxy groups -OCH3 is 1. The molecule has 0 N–H and O–H groups in total. The third kappa shape index (κ3) is 3.84. The highest BCUT2D eigenvalue weighted by Gasteiger charge is 2.34. The van der Waals surface area contributed by atoms with Gasteiger partial charge in [0.25, 0.3) is 11.1 Å². The van der Waals surface area contributed by atoms with Crippen molar-refractivity contribution >= 4 is 34.9 Å². The lowest BCUT2D eigenvalue weighted by Crippen LogP contribution is -2.31. The van der Waals surface area contributed by atoms with Crippen LogP contribution in [-0.4, -0.2) is 49.4 Å². The summed E-state index contributed by atoms with van der Waals surface area (Å²) < 4.78 is 10.8. The van der Waals surface area contributed by atoms with E-state index in [1.165, 1.54) is 30.6 Å². The van der Waals surface area contributed by atoms with Gasteiger partial charge in [0, 0.05) is 32.3 Å². The van der Waals surface area contributed by atoms with E-state index in [1.54, 1.807) is 13.2 Å². The lowest BCUT2D eigenvalue weighted by Gasteiger charge is -2.18. The van der Waals surface area contributed by atoms with Crippen LogP contribution in [0.15, 0.2) is 21.5 Å². The average Bonchev–Trinajstić information content (AvgIpc) is 3.00. The van der Waals surface area contributed by atoms with Crippen molar-refractivity contribution in [2.24, 2.45) is 0 Å². The van der Waals surface area contributed by atoms with Crippen LogP contribution in [0.25, 0.3) is 6.08 Å². The summed E-state index contributed by atoms with van der Waals surface area (Å²) in [5, 5.41) is -0.261. The fraction of sp³-hybridized carbons (Fsp3) is 0.529. The molecule has 0 unspecified atom stereocenters. The number of amides is 2. The van der Waals surface area contributed by atoms with Crippen LogP contribution in [0, 0.1) is 0 Å². The average molecular weight is 350 g/mol. The van der Waals surface area contributed by atoms with Crippen LogP contribution in [0.4, 0.5) is 10.7 Å². The Balaban J connectivity index is 1.70. The highest BCUT2D eigenvalue weighted by atomic mass is 32.2. The molecule has 0 aromatic carbocycles. The number of carbonyl (C=O) groups is 2. The molecule has 7 heteroatoms. The number of carbonyl (C=O) groups excluding carboxylic acids is 2. The van der Waals surface area contributed by atoms with E-state index < -0.39 is 0 Å². The zero-order chi connectivity index (χ0) is 16.9. The first-order chi connectivity index (χ1) is 11.7. The largest absolute Gasteiger partial charge is 0.441 e. The Morgan fingerprint density at radius 1 is 1.21 bits per heavy atom. The maximum atomic E-state index is 12.3. The van der Waals surface area contributed by atoms with E-state index in [9.17, 15) is 9.59 Å². The summed E-state index contributed by atoms with van der Waals surface area (Å²) >= 11 is 0.945. The number of ether oxygens (including phenoxy) is 1. The molecular weight excluding hydrogens is 328 g/mol. The number of furan rings is 1. The Hall–Kier alpha value is -1.73. The first-order valence-electron chi connectivity index (χ1n) is 8.28. The summed E-state index contributed by atoms with van der Waals surface area (Å²) in [7, 11) is 1.54. The molecule has 2 amide bonds. The van der Waals surface area contributed by atoms with Crippen molar-refractivity contribution in [1.82, 2.24) is 4.90 Å². The number of hydrogen-bond donors (Lipinski definition) is 0. The highest BCUT2D eigenvalue weighted by Crippen LogP contribution is 2.33. The molecule has 1 aromatic heterocycles. The summed E-state index contributed by atoms with van der Waals surface area (Å²) in [6.45, 7) is 2.61. The Morgan fingerprint density at radius 2 is 1.96 bits per heavy atom. The highest BCUT2D eigenvalue weighted by molar-refractivity contribution is 8.18. The molecule has 2 aliphatic heterocycles. The van der Waals surface area contributed by atoms with E-state index in [1.807, 2.05) is 12.1 Å². The molecule has 0 bridgehead atoms. The van der Waals surface area contributed by atoms with Gasteiger partial charge in [0.15, 0.2) is 5.88 Å². The van der Waals surface area contributed by atoms with Crippen LogP contribution in [0.1, 0.15) is 31.4 Å². The SMILES string of the molecule is COCCN1C(=O)S/C(=C/c2ccc(N3CCCCCC3)o2)C1=O. The van der Waals surface area contributed by atoms with Crippen LogP contribution >= 0.6 is 11.8 Å². The van der Waals surface area contributed by atoms with Crippen LogP contribution in [-0.2, 0) is 9.53 Å². The Kier molecular flexibility index (Phi) is 5.63.